The van der Waals surface area contributed by atoms with Gasteiger partial charge in [-0.2, -0.15) is 0 Å². The average molecular weight is 373 g/mol. The van der Waals surface area contributed by atoms with E-state index in [9.17, 15) is 9.90 Å². The van der Waals surface area contributed by atoms with Crippen LogP contribution in [0.4, 0.5) is 0 Å². The van der Waals surface area contributed by atoms with Gasteiger partial charge in [0.2, 0.25) is 0 Å². The summed E-state index contributed by atoms with van der Waals surface area (Å²) in [4.78, 5) is 11.0. The first-order valence-electron chi connectivity index (χ1n) is 10.3. The minimum absolute atomic E-state index is 0.00747. The Kier molecular flexibility index (Phi) is 18.2. The molecule has 0 rings (SSSR count). The van der Waals surface area contributed by atoms with Crippen molar-refractivity contribution >= 4 is 5.97 Å². The van der Waals surface area contributed by atoms with Gasteiger partial charge in [0.1, 0.15) is 0 Å². The van der Waals surface area contributed by atoms with E-state index in [-0.39, 0.29) is 25.3 Å². The molecule has 26 heavy (non-hydrogen) atoms. The SMILES string of the molecule is CCCCCC(OCCO)C(O)C/C=C\CCCCCCCC(=O)OC. The number of unbranched alkanes of at least 4 members (excludes halogenated alkanes) is 7. The highest BCUT2D eigenvalue weighted by molar-refractivity contribution is 5.68. The Labute approximate surface area is 159 Å². The van der Waals surface area contributed by atoms with E-state index >= 15 is 0 Å². The lowest BCUT2D eigenvalue weighted by atomic mass is 10.0. The number of esters is 1. The number of aliphatic hydroxyl groups is 2. The molecule has 0 aliphatic heterocycles. The molecule has 0 aromatic carbocycles. The second-order valence-electron chi connectivity index (χ2n) is 6.79. The lowest BCUT2D eigenvalue weighted by molar-refractivity contribution is -0.140. The lowest BCUT2D eigenvalue weighted by Gasteiger charge is -2.22. The van der Waals surface area contributed by atoms with Crippen molar-refractivity contribution < 1.29 is 24.5 Å². The zero-order chi connectivity index (χ0) is 19.5. The molecule has 0 aromatic rings. The van der Waals surface area contributed by atoms with Gasteiger partial charge in [-0.25, -0.2) is 0 Å². The molecular formula is C21H40O5. The van der Waals surface area contributed by atoms with Crippen molar-refractivity contribution in [2.24, 2.45) is 0 Å². The highest BCUT2D eigenvalue weighted by Gasteiger charge is 2.18. The van der Waals surface area contributed by atoms with Crippen molar-refractivity contribution in [3.05, 3.63) is 12.2 Å². The minimum Gasteiger partial charge on any atom is -0.469 e. The van der Waals surface area contributed by atoms with Crippen LogP contribution >= 0.6 is 0 Å². The number of allylic oxidation sites excluding steroid dienone is 1. The Balaban J connectivity index is 3.76. The molecule has 0 radical (unpaired) electrons. The zero-order valence-electron chi connectivity index (χ0n) is 16.8. The molecule has 0 spiro atoms. The van der Waals surface area contributed by atoms with Crippen LogP contribution in [0.5, 0.6) is 0 Å². The molecule has 5 heteroatoms. The summed E-state index contributed by atoms with van der Waals surface area (Å²) in [6.07, 6.45) is 15.2. The molecule has 0 fully saturated rings. The molecule has 0 aromatic heterocycles. The molecule has 0 aliphatic carbocycles. The fraction of sp³-hybridized carbons (Fsp3) is 0.857. The van der Waals surface area contributed by atoms with Crippen molar-refractivity contribution in [1.82, 2.24) is 0 Å². The Morgan fingerprint density at radius 3 is 2.46 bits per heavy atom. The number of carbonyl (C=O) groups is 1. The third-order valence-electron chi connectivity index (χ3n) is 4.47. The topological polar surface area (TPSA) is 76.0 Å². The Bertz CT molecular complexity index is 343. The van der Waals surface area contributed by atoms with Crippen LogP contribution < -0.4 is 0 Å². The molecule has 2 atom stereocenters. The van der Waals surface area contributed by atoms with Gasteiger partial charge < -0.3 is 19.7 Å². The molecule has 0 amide bonds. The van der Waals surface area contributed by atoms with E-state index < -0.39 is 6.10 Å². The number of carbonyl (C=O) groups excluding carboxylic acids is 1. The molecule has 2 N–H and O–H groups in total. The van der Waals surface area contributed by atoms with E-state index in [1.807, 2.05) is 6.08 Å². The Morgan fingerprint density at radius 1 is 1.04 bits per heavy atom. The fourth-order valence-electron chi connectivity index (χ4n) is 2.86. The number of aliphatic hydroxyl groups excluding tert-OH is 2. The van der Waals surface area contributed by atoms with Gasteiger partial charge in [-0.15, -0.1) is 0 Å². The van der Waals surface area contributed by atoms with E-state index in [1.54, 1.807) is 0 Å². The molecule has 0 saturated heterocycles. The first-order chi connectivity index (χ1) is 12.7. The van der Waals surface area contributed by atoms with Crippen LogP contribution in [0.25, 0.3) is 0 Å². The smallest absolute Gasteiger partial charge is 0.305 e. The Morgan fingerprint density at radius 2 is 1.77 bits per heavy atom. The van der Waals surface area contributed by atoms with Crippen LogP contribution in [0, 0.1) is 0 Å². The number of ether oxygens (including phenoxy) is 2. The van der Waals surface area contributed by atoms with E-state index in [1.165, 1.54) is 7.11 Å². The highest BCUT2D eigenvalue weighted by Crippen LogP contribution is 2.14. The number of hydrogen-bond acceptors (Lipinski definition) is 5. The van der Waals surface area contributed by atoms with Gasteiger partial charge in [-0.3, -0.25) is 4.79 Å². The zero-order valence-corrected chi connectivity index (χ0v) is 16.8. The van der Waals surface area contributed by atoms with E-state index in [0.717, 1.165) is 64.2 Å². The number of methoxy groups -OCH3 is 1. The van der Waals surface area contributed by atoms with Crippen molar-refractivity contribution in [2.45, 2.75) is 96.2 Å². The molecular weight excluding hydrogens is 332 g/mol. The summed E-state index contributed by atoms with van der Waals surface area (Å²) in [5.41, 5.74) is 0. The summed E-state index contributed by atoms with van der Waals surface area (Å²) in [5.74, 6) is -0.123. The third-order valence-corrected chi connectivity index (χ3v) is 4.47. The van der Waals surface area contributed by atoms with Crippen LogP contribution in [0.3, 0.4) is 0 Å². The summed E-state index contributed by atoms with van der Waals surface area (Å²) in [5, 5.41) is 19.2. The first-order valence-corrected chi connectivity index (χ1v) is 10.3. The number of hydrogen-bond donors (Lipinski definition) is 2. The van der Waals surface area contributed by atoms with Crippen LogP contribution in [0.2, 0.25) is 0 Å². The minimum atomic E-state index is -0.507. The summed E-state index contributed by atoms with van der Waals surface area (Å²) >= 11 is 0. The highest BCUT2D eigenvalue weighted by atomic mass is 16.5. The van der Waals surface area contributed by atoms with Crippen molar-refractivity contribution in [3.63, 3.8) is 0 Å². The fourth-order valence-corrected chi connectivity index (χ4v) is 2.86. The normalized spacial score (nSPS) is 13.8. The van der Waals surface area contributed by atoms with Crippen molar-refractivity contribution in [1.29, 1.82) is 0 Å². The molecule has 0 aliphatic rings. The molecule has 0 heterocycles. The first kappa shape index (κ1) is 25.1. The monoisotopic (exact) mass is 372 g/mol. The Hall–Kier alpha value is -0.910. The molecule has 0 bridgehead atoms. The van der Waals surface area contributed by atoms with Gasteiger partial charge in [-0.1, -0.05) is 57.6 Å². The predicted molar refractivity (Wildman–Crippen MR) is 105 cm³/mol. The molecule has 154 valence electrons. The van der Waals surface area contributed by atoms with Crippen LogP contribution in [-0.2, 0) is 14.3 Å². The van der Waals surface area contributed by atoms with Gasteiger partial charge in [0.05, 0.1) is 32.5 Å². The second kappa shape index (κ2) is 18.9. The molecule has 5 nitrogen and oxygen atoms in total. The second-order valence-corrected chi connectivity index (χ2v) is 6.79. The molecule has 0 saturated carbocycles. The van der Waals surface area contributed by atoms with E-state index in [4.69, 9.17) is 9.84 Å². The van der Waals surface area contributed by atoms with Crippen molar-refractivity contribution in [2.75, 3.05) is 20.3 Å². The largest absolute Gasteiger partial charge is 0.469 e. The maximum atomic E-state index is 11.0. The van der Waals surface area contributed by atoms with Gasteiger partial charge in [0, 0.05) is 6.42 Å². The summed E-state index contributed by atoms with van der Waals surface area (Å²) < 4.78 is 10.2. The van der Waals surface area contributed by atoms with E-state index in [2.05, 4.69) is 17.7 Å². The van der Waals surface area contributed by atoms with Gasteiger partial charge >= 0.3 is 5.97 Å². The summed E-state index contributed by atoms with van der Waals surface area (Å²) in [7, 11) is 1.43. The van der Waals surface area contributed by atoms with Gasteiger partial charge in [0.15, 0.2) is 0 Å². The predicted octanol–water partition coefficient (Wildman–Crippen LogP) is 4.16. The average Bonchev–Trinajstić information content (AvgIpc) is 2.65. The summed E-state index contributed by atoms with van der Waals surface area (Å²) in [6, 6.07) is 0. The summed E-state index contributed by atoms with van der Waals surface area (Å²) in [6.45, 7) is 2.43. The number of rotatable bonds is 18. The quantitative estimate of drug-likeness (QED) is 0.215. The lowest BCUT2D eigenvalue weighted by Crippen LogP contribution is -2.29. The van der Waals surface area contributed by atoms with Gasteiger partial charge in [0.25, 0.3) is 0 Å². The van der Waals surface area contributed by atoms with Crippen LogP contribution in [-0.4, -0.2) is 48.7 Å². The van der Waals surface area contributed by atoms with Crippen LogP contribution in [0.1, 0.15) is 84.0 Å². The van der Waals surface area contributed by atoms with Gasteiger partial charge in [-0.05, 0) is 32.1 Å². The van der Waals surface area contributed by atoms with Crippen molar-refractivity contribution in [3.8, 4) is 0 Å². The standard InChI is InChI=1S/C21H40O5/c1-3-4-11-15-20(26-18-17-22)19(23)14-12-9-7-5-6-8-10-13-16-21(24)25-2/h9,12,19-20,22-23H,3-8,10-11,13-18H2,1-2H3/b12-9-. The third kappa shape index (κ3) is 15.4. The van der Waals surface area contributed by atoms with Crippen LogP contribution in [0.15, 0.2) is 12.2 Å². The molecule has 2 unspecified atom stereocenters. The van der Waals surface area contributed by atoms with E-state index in [0.29, 0.717) is 12.8 Å². The maximum Gasteiger partial charge on any atom is 0.305 e. The maximum absolute atomic E-state index is 11.0.